The van der Waals surface area contributed by atoms with Crippen LogP contribution in [0.3, 0.4) is 0 Å². The molecule has 0 atom stereocenters. The van der Waals surface area contributed by atoms with E-state index in [0.29, 0.717) is 39.3 Å². The fourth-order valence-corrected chi connectivity index (χ4v) is 5.47. The molecule has 0 bridgehead atoms. The first-order valence-electron chi connectivity index (χ1n) is 11.9. The molecule has 2 aromatic heterocycles. The highest BCUT2D eigenvalue weighted by molar-refractivity contribution is 8.26. The van der Waals surface area contributed by atoms with Gasteiger partial charge in [-0.05, 0) is 36.7 Å². The molecule has 3 aromatic rings. The topological polar surface area (TPSA) is 79.2 Å². The summed E-state index contributed by atoms with van der Waals surface area (Å²) in [4.78, 5) is 35.7. The Labute approximate surface area is 219 Å². The number of morpholine rings is 1. The van der Waals surface area contributed by atoms with Crippen LogP contribution in [0.1, 0.15) is 17.5 Å². The van der Waals surface area contributed by atoms with Crippen molar-refractivity contribution in [2.45, 2.75) is 13.0 Å². The predicted octanol–water partition coefficient (Wildman–Crippen LogP) is 3.23. The van der Waals surface area contributed by atoms with Crippen molar-refractivity contribution in [2.24, 2.45) is 0 Å². The minimum Gasteiger partial charge on any atom is -0.379 e. The third kappa shape index (κ3) is 5.52. The van der Waals surface area contributed by atoms with Crippen LogP contribution in [-0.4, -0.2) is 68.8 Å². The molecule has 5 rings (SSSR count). The summed E-state index contributed by atoms with van der Waals surface area (Å²) >= 11 is 6.71. The number of nitrogens with one attached hydrogen (secondary N) is 1. The smallest absolute Gasteiger partial charge is 0.267 e. The molecule has 186 valence electrons. The van der Waals surface area contributed by atoms with E-state index in [9.17, 15) is 9.59 Å². The Morgan fingerprint density at radius 2 is 1.86 bits per heavy atom. The Morgan fingerprint density at radius 3 is 2.67 bits per heavy atom. The summed E-state index contributed by atoms with van der Waals surface area (Å²) in [5, 5.41) is 3.34. The summed E-state index contributed by atoms with van der Waals surface area (Å²) in [6.07, 6.45) is 4.21. The summed E-state index contributed by atoms with van der Waals surface area (Å²) in [7, 11) is 0. The molecule has 2 fully saturated rings. The Morgan fingerprint density at radius 1 is 1.08 bits per heavy atom. The number of aromatic nitrogens is 2. The number of fused-ring (bicyclic) bond motifs is 1. The average molecular weight is 522 g/mol. The average Bonchev–Trinajstić information content (AvgIpc) is 3.17. The number of hydrogen-bond donors (Lipinski definition) is 1. The molecule has 0 aliphatic carbocycles. The van der Waals surface area contributed by atoms with Crippen LogP contribution in [0.25, 0.3) is 11.7 Å². The van der Waals surface area contributed by atoms with E-state index in [-0.39, 0.29) is 11.5 Å². The van der Waals surface area contributed by atoms with Crippen LogP contribution in [0.15, 0.2) is 64.4 Å². The molecule has 1 amide bonds. The van der Waals surface area contributed by atoms with Gasteiger partial charge in [-0.3, -0.25) is 23.8 Å². The van der Waals surface area contributed by atoms with E-state index < -0.39 is 0 Å². The van der Waals surface area contributed by atoms with E-state index >= 15 is 0 Å². The Bertz CT molecular complexity index is 1350. The number of carbonyl (C=O) groups excluding carboxylic acids is 1. The number of thiocarbonyl (C=S) groups is 1. The summed E-state index contributed by atoms with van der Waals surface area (Å²) in [6, 6.07) is 15.1. The largest absolute Gasteiger partial charge is 0.379 e. The lowest BCUT2D eigenvalue weighted by Gasteiger charge is -2.26. The SMILES string of the molecule is O=C1C(=Cc2c(NCCCN3CCOCC3)nc3ccccn3c2=O)SC(=S)N1Cc1ccccc1. The zero-order valence-electron chi connectivity index (χ0n) is 19.8. The molecule has 1 aromatic carbocycles. The number of thioether (sulfide) groups is 1. The monoisotopic (exact) mass is 521 g/mol. The highest BCUT2D eigenvalue weighted by Gasteiger charge is 2.32. The fourth-order valence-electron chi connectivity index (χ4n) is 4.24. The molecule has 0 radical (unpaired) electrons. The lowest BCUT2D eigenvalue weighted by Crippen LogP contribution is -2.37. The normalized spacial score (nSPS) is 17.9. The molecular weight excluding hydrogens is 494 g/mol. The van der Waals surface area contributed by atoms with Gasteiger partial charge in [0, 0.05) is 25.8 Å². The third-order valence-electron chi connectivity index (χ3n) is 6.15. The zero-order valence-corrected chi connectivity index (χ0v) is 21.4. The molecule has 0 saturated carbocycles. The predicted molar refractivity (Wildman–Crippen MR) is 147 cm³/mol. The number of anilines is 1. The van der Waals surface area contributed by atoms with Gasteiger partial charge in [-0.15, -0.1) is 0 Å². The minimum absolute atomic E-state index is 0.204. The molecule has 1 N–H and O–H groups in total. The molecule has 0 spiro atoms. The quantitative estimate of drug-likeness (QED) is 0.275. The summed E-state index contributed by atoms with van der Waals surface area (Å²) in [5.74, 6) is 0.270. The van der Waals surface area contributed by atoms with Crippen LogP contribution in [0.4, 0.5) is 5.82 Å². The first kappa shape index (κ1) is 24.6. The van der Waals surface area contributed by atoms with Gasteiger partial charge in [0.05, 0.1) is 30.2 Å². The van der Waals surface area contributed by atoms with Crippen molar-refractivity contribution in [1.82, 2.24) is 19.2 Å². The minimum atomic E-state index is -0.232. The Hall–Kier alpha value is -3.05. The van der Waals surface area contributed by atoms with E-state index in [1.165, 1.54) is 16.2 Å². The van der Waals surface area contributed by atoms with Crippen LogP contribution in [-0.2, 0) is 16.1 Å². The van der Waals surface area contributed by atoms with Gasteiger partial charge in [0.2, 0.25) is 0 Å². The van der Waals surface area contributed by atoms with Gasteiger partial charge in [-0.1, -0.05) is 60.4 Å². The molecule has 2 aliphatic heterocycles. The second-order valence-electron chi connectivity index (χ2n) is 8.60. The summed E-state index contributed by atoms with van der Waals surface area (Å²) in [6.45, 7) is 5.40. The number of hydrogen-bond acceptors (Lipinski definition) is 8. The van der Waals surface area contributed by atoms with Crippen LogP contribution in [0, 0.1) is 0 Å². The lowest BCUT2D eigenvalue weighted by molar-refractivity contribution is -0.122. The van der Waals surface area contributed by atoms with Crippen LogP contribution >= 0.6 is 24.0 Å². The molecule has 4 heterocycles. The Balaban J connectivity index is 1.39. The van der Waals surface area contributed by atoms with Gasteiger partial charge < -0.3 is 10.1 Å². The van der Waals surface area contributed by atoms with Crippen molar-refractivity contribution in [3.05, 3.63) is 81.1 Å². The zero-order chi connectivity index (χ0) is 24.9. The van der Waals surface area contributed by atoms with Crippen molar-refractivity contribution in [3.63, 3.8) is 0 Å². The lowest BCUT2D eigenvalue weighted by atomic mass is 10.2. The molecule has 10 heteroatoms. The van der Waals surface area contributed by atoms with E-state index in [1.807, 2.05) is 36.4 Å². The van der Waals surface area contributed by atoms with E-state index in [0.717, 1.165) is 44.8 Å². The van der Waals surface area contributed by atoms with Crippen LogP contribution < -0.4 is 10.9 Å². The number of amides is 1. The molecule has 2 saturated heterocycles. The number of rotatable bonds is 8. The maximum absolute atomic E-state index is 13.4. The summed E-state index contributed by atoms with van der Waals surface area (Å²) in [5.41, 5.74) is 1.66. The molecule has 2 aliphatic rings. The van der Waals surface area contributed by atoms with Gasteiger partial charge >= 0.3 is 0 Å². The molecule has 8 nitrogen and oxygen atoms in total. The van der Waals surface area contributed by atoms with Crippen molar-refractivity contribution < 1.29 is 9.53 Å². The van der Waals surface area contributed by atoms with Gasteiger partial charge in [0.15, 0.2) is 0 Å². The van der Waals surface area contributed by atoms with E-state index in [4.69, 9.17) is 21.9 Å². The Kier molecular flexibility index (Phi) is 7.76. The summed E-state index contributed by atoms with van der Waals surface area (Å²) < 4.78 is 7.38. The van der Waals surface area contributed by atoms with Crippen molar-refractivity contribution in [3.8, 4) is 0 Å². The number of carbonyl (C=O) groups is 1. The maximum atomic E-state index is 13.4. The van der Waals surface area contributed by atoms with Crippen molar-refractivity contribution in [2.75, 3.05) is 44.7 Å². The fraction of sp³-hybridized carbons (Fsp3) is 0.308. The van der Waals surface area contributed by atoms with Crippen LogP contribution in [0.5, 0.6) is 0 Å². The van der Waals surface area contributed by atoms with Gasteiger partial charge in [0.1, 0.15) is 15.8 Å². The second kappa shape index (κ2) is 11.3. The highest BCUT2D eigenvalue weighted by Crippen LogP contribution is 2.34. The highest BCUT2D eigenvalue weighted by atomic mass is 32.2. The first-order chi connectivity index (χ1) is 17.6. The molecular formula is C26H27N5O3S2. The molecule has 36 heavy (non-hydrogen) atoms. The number of nitrogens with zero attached hydrogens (tertiary/aromatic N) is 4. The number of benzene rings is 1. The third-order valence-corrected chi connectivity index (χ3v) is 7.53. The second-order valence-corrected chi connectivity index (χ2v) is 10.3. The standard InChI is InChI=1S/C26H27N5O3S2/c32-24-20(17-21-25(33)31(26(35)36-21)18-19-7-2-1-3-8-19)23(28-22-9-4-5-12-30(22)24)27-10-6-11-29-13-15-34-16-14-29/h1-5,7-9,12,17,27H,6,10-11,13-16,18H2. The maximum Gasteiger partial charge on any atom is 0.267 e. The number of ether oxygens (including phenoxy) is 1. The van der Waals surface area contributed by atoms with E-state index in [1.54, 1.807) is 29.3 Å². The van der Waals surface area contributed by atoms with Gasteiger partial charge in [-0.25, -0.2) is 4.98 Å². The van der Waals surface area contributed by atoms with E-state index in [2.05, 4.69) is 10.2 Å². The van der Waals surface area contributed by atoms with Gasteiger partial charge in [0.25, 0.3) is 11.5 Å². The van der Waals surface area contributed by atoms with Crippen molar-refractivity contribution in [1.29, 1.82) is 0 Å². The first-order valence-corrected chi connectivity index (χ1v) is 13.2. The van der Waals surface area contributed by atoms with Crippen LogP contribution in [0.2, 0.25) is 0 Å². The molecule has 0 unspecified atom stereocenters. The van der Waals surface area contributed by atoms with Crippen molar-refractivity contribution >= 4 is 51.7 Å². The van der Waals surface area contributed by atoms with Gasteiger partial charge in [-0.2, -0.15) is 0 Å². The number of pyridine rings is 1.